The minimum atomic E-state index is -0.346. The van der Waals surface area contributed by atoms with E-state index in [2.05, 4.69) is 44.9 Å². The van der Waals surface area contributed by atoms with Gasteiger partial charge in [0, 0.05) is 24.4 Å². The number of pyridine rings is 1. The molecule has 5 heteroatoms. The van der Waals surface area contributed by atoms with Crippen molar-refractivity contribution in [1.82, 2.24) is 4.98 Å². The Morgan fingerprint density at radius 2 is 1.79 bits per heavy atom. The number of anilines is 1. The van der Waals surface area contributed by atoms with Gasteiger partial charge in [-0.1, -0.05) is 6.92 Å². The van der Waals surface area contributed by atoms with E-state index >= 15 is 0 Å². The zero-order chi connectivity index (χ0) is 14.1. The van der Waals surface area contributed by atoms with Crippen LogP contribution in [0.4, 0.5) is 5.69 Å². The van der Waals surface area contributed by atoms with E-state index < -0.39 is 0 Å². The molecule has 0 amide bonds. The van der Waals surface area contributed by atoms with E-state index in [0.29, 0.717) is 0 Å². The molecule has 4 nitrogen and oxygen atoms in total. The van der Waals surface area contributed by atoms with Gasteiger partial charge >= 0.3 is 7.12 Å². The first kappa shape index (κ1) is 14.3. The predicted octanol–water partition coefficient (Wildman–Crippen LogP) is 2.20. The van der Waals surface area contributed by atoms with Crippen LogP contribution in [0.1, 0.15) is 41.0 Å². The van der Waals surface area contributed by atoms with Crippen molar-refractivity contribution in [2.75, 3.05) is 11.9 Å². The quantitative estimate of drug-likeness (QED) is 0.845. The average molecular weight is 262 g/mol. The molecule has 2 rings (SSSR count). The van der Waals surface area contributed by atoms with Gasteiger partial charge in [-0.2, -0.15) is 0 Å². The lowest BCUT2D eigenvalue weighted by molar-refractivity contribution is 0.00578. The highest BCUT2D eigenvalue weighted by Crippen LogP contribution is 2.36. The lowest BCUT2D eigenvalue weighted by atomic mass is 9.80. The third-order valence-electron chi connectivity index (χ3n) is 3.86. The smallest absolute Gasteiger partial charge is 0.399 e. The van der Waals surface area contributed by atoms with Crippen LogP contribution in [0, 0.1) is 0 Å². The standard InChI is InChI=1S/C14H23BN2O2/c1-6-7-17-12-8-11(9-16-10-12)15-18-13(2,3)14(4,5)19-15/h8-10,17H,6-7H2,1-5H3. The van der Waals surface area contributed by atoms with Gasteiger partial charge in [0.05, 0.1) is 16.9 Å². The van der Waals surface area contributed by atoms with Crippen LogP contribution in [-0.4, -0.2) is 29.8 Å². The van der Waals surface area contributed by atoms with Gasteiger partial charge in [-0.15, -0.1) is 0 Å². The van der Waals surface area contributed by atoms with Gasteiger partial charge in [0.1, 0.15) is 0 Å². The molecular formula is C14H23BN2O2. The Labute approximate surface area is 116 Å². The number of nitrogens with one attached hydrogen (secondary N) is 1. The summed E-state index contributed by atoms with van der Waals surface area (Å²) in [7, 11) is -0.346. The van der Waals surface area contributed by atoms with Crippen LogP contribution in [0.3, 0.4) is 0 Å². The Kier molecular flexibility index (Phi) is 3.88. The molecule has 1 saturated heterocycles. The van der Waals surface area contributed by atoms with Crippen LogP contribution >= 0.6 is 0 Å². The van der Waals surface area contributed by atoms with Crippen LogP contribution < -0.4 is 10.8 Å². The van der Waals surface area contributed by atoms with Crippen molar-refractivity contribution >= 4 is 18.3 Å². The second-order valence-corrected chi connectivity index (χ2v) is 6.02. The highest BCUT2D eigenvalue weighted by Gasteiger charge is 2.51. The Morgan fingerprint density at radius 1 is 1.16 bits per heavy atom. The van der Waals surface area contributed by atoms with Crippen molar-refractivity contribution in [3.63, 3.8) is 0 Å². The summed E-state index contributed by atoms with van der Waals surface area (Å²) in [6.07, 6.45) is 4.71. The van der Waals surface area contributed by atoms with Gasteiger partial charge in [-0.25, -0.2) is 0 Å². The molecule has 0 atom stereocenters. The lowest BCUT2D eigenvalue weighted by Crippen LogP contribution is -2.41. The zero-order valence-electron chi connectivity index (χ0n) is 12.5. The Bertz CT molecular complexity index is 433. The van der Waals surface area contributed by atoms with Gasteiger partial charge < -0.3 is 14.6 Å². The molecule has 104 valence electrons. The van der Waals surface area contributed by atoms with Gasteiger partial charge in [-0.05, 0) is 40.2 Å². The van der Waals surface area contributed by atoms with Crippen LogP contribution in [0.2, 0.25) is 0 Å². The molecule has 0 bridgehead atoms. The van der Waals surface area contributed by atoms with Crippen molar-refractivity contribution in [1.29, 1.82) is 0 Å². The van der Waals surface area contributed by atoms with E-state index in [1.165, 1.54) is 0 Å². The molecule has 1 aromatic rings. The largest absolute Gasteiger partial charge is 0.496 e. The highest BCUT2D eigenvalue weighted by atomic mass is 16.7. The zero-order valence-corrected chi connectivity index (χ0v) is 12.5. The minimum Gasteiger partial charge on any atom is -0.399 e. The molecule has 1 fully saturated rings. The van der Waals surface area contributed by atoms with Crippen molar-refractivity contribution < 1.29 is 9.31 Å². The Hall–Kier alpha value is -1.07. The third-order valence-corrected chi connectivity index (χ3v) is 3.86. The fourth-order valence-corrected chi connectivity index (χ4v) is 1.93. The predicted molar refractivity (Wildman–Crippen MR) is 78.7 cm³/mol. The fourth-order valence-electron chi connectivity index (χ4n) is 1.93. The molecule has 19 heavy (non-hydrogen) atoms. The first-order chi connectivity index (χ1) is 8.86. The van der Waals surface area contributed by atoms with Crippen LogP contribution in [0.25, 0.3) is 0 Å². The SMILES string of the molecule is CCCNc1cncc(B2OC(C)(C)C(C)(C)O2)c1. The van der Waals surface area contributed by atoms with Crippen LogP contribution in [-0.2, 0) is 9.31 Å². The molecule has 1 aromatic heterocycles. The van der Waals surface area contributed by atoms with Gasteiger partial charge in [0.2, 0.25) is 0 Å². The summed E-state index contributed by atoms with van der Waals surface area (Å²) in [6, 6.07) is 2.05. The van der Waals surface area contributed by atoms with Gasteiger partial charge in [0.15, 0.2) is 0 Å². The van der Waals surface area contributed by atoms with E-state index in [4.69, 9.17) is 9.31 Å². The maximum absolute atomic E-state index is 6.02. The molecule has 2 heterocycles. The third kappa shape index (κ3) is 2.93. The summed E-state index contributed by atoms with van der Waals surface area (Å²) in [6.45, 7) is 11.3. The highest BCUT2D eigenvalue weighted by molar-refractivity contribution is 6.62. The van der Waals surface area contributed by atoms with Gasteiger partial charge in [-0.3, -0.25) is 4.98 Å². The first-order valence-corrected chi connectivity index (χ1v) is 6.90. The second kappa shape index (κ2) is 5.14. The van der Waals surface area contributed by atoms with E-state index in [-0.39, 0.29) is 18.3 Å². The number of hydrogen-bond acceptors (Lipinski definition) is 4. The van der Waals surface area contributed by atoms with E-state index in [1.807, 2.05) is 12.3 Å². The number of rotatable bonds is 4. The summed E-state index contributed by atoms with van der Waals surface area (Å²) in [5.74, 6) is 0. The number of hydrogen-bond donors (Lipinski definition) is 1. The molecule has 0 aliphatic carbocycles. The Morgan fingerprint density at radius 3 is 2.37 bits per heavy atom. The van der Waals surface area contributed by atoms with Crippen molar-refractivity contribution in [2.24, 2.45) is 0 Å². The lowest BCUT2D eigenvalue weighted by Gasteiger charge is -2.32. The maximum atomic E-state index is 6.02. The molecule has 0 radical (unpaired) electrons. The summed E-state index contributed by atoms with van der Waals surface area (Å²) in [5, 5.41) is 3.33. The summed E-state index contributed by atoms with van der Waals surface area (Å²) < 4.78 is 12.0. The van der Waals surface area contributed by atoms with Crippen molar-refractivity contribution in [3.8, 4) is 0 Å². The molecule has 0 spiro atoms. The maximum Gasteiger partial charge on any atom is 0.496 e. The van der Waals surface area contributed by atoms with E-state index in [1.54, 1.807) is 6.20 Å². The Balaban J connectivity index is 2.15. The fraction of sp³-hybridized carbons (Fsp3) is 0.643. The van der Waals surface area contributed by atoms with E-state index in [9.17, 15) is 0 Å². The molecule has 1 N–H and O–H groups in total. The minimum absolute atomic E-state index is 0.315. The second-order valence-electron chi connectivity index (χ2n) is 6.02. The number of aromatic nitrogens is 1. The molecule has 0 saturated carbocycles. The molecule has 1 aliphatic rings. The first-order valence-electron chi connectivity index (χ1n) is 6.90. The average Bonchev–Trinajstić information content (AvgIpc) is 2.56. The molecule has 1 aliphatic heterocycles. The molecule has 0 aromatic carbocycles. The van der Waals surface area contributed by atoms with Gasteiger partial charge in [0.25, 0.3) is 0 Å². The summed E-state index contributed by atoms with van der Waals surface area (Å²) >= 11 is 0. The summed E-state index contributed by atoms with van der Waals surface area (Å²) in [5.41, 5.74) is 1.34. The summed E-state index contributed by atoms with van der Waals surface area (Å²) in [4.78, 5) is 4.26. The van der Waals surface area contributed by atoms with Crippen molar-refractivity contribution in [2.45, 2.75) is 52.2 Å². The van der Waals surface area contributed by atoms with E-state index in [0.717, 1.165) is 24.1 Å². The van der Waals surface area contributed by atoms with Crippen molar-refractivity contribution in [3.05, 3.63) is 18.5 Å². The number of nitrogens with zero attached hydrogens (tertiary/aromatic N) is 1. The molecular weight excluding hydrogens is 239 g/mol. The normalized spacial score (nSPS) is 20.6. The monoisotopic (exact) mass is 262 g/mol. The molecule has 0 unspecified atom stereocenters. The van der Waals surface area contributed by atoms with Crippen LogP contribution in [0.5, 0.6) is 0 Å². The topological polar surface area (TPSA) is 43.4 Å². The van der Waals surface area contributed by atoms with Crippen LogP contribution in [0.15, 0.2) is 18.5 Å².